The van der Waals surface area contributed by atoms with Gasteiger partial charge in [0, 0.05) is 18.2 Å². The zero-order valence-electron chi connectivity index (χ0n) is 11.1. The van der Waals surface area contributed by atoms with Crippen molar-refractivity contribution >= 4 is 11.3 Å². The molecular formula is C14H20N2OS. The molecule has 0 saturated heterocycles. The molecule has 0 amide bonds. The van der Waals surface area contributed by atoms with Crippen LogP contribution in [0.4, 0.5) is 0 Å². The molecule has 2 heterocycles. The average Bonchev–Trinajstić information content (AvgIpc) is 2.92. The van der Waals surface area contributed by atoms with Crippen molar-refractivity contribution in [2.75, 3.05) is 7.05 Å². The molecule has 2 aromatic heterocycles. The molecule has 2 N–H and O–H groups in total. The fraction of sp³-hybridized carbons (Fsp3) is 0.429. The molecule has 0 saturated carbocycles. The summed E-state index contributed by atoms with van der Waals surface area (Å²) in [5.74, 6) is 0.982. The number of nitrogens with zero attached hydrogens (tertiary/aromatic N) is 1. The highest BCUT2D eigenvalue weighted by Gasteiger charge is 2.22. The Bertz CT molecular complexity index is 476. The number of rotatable bonds is 5. The van der Waals surface area contributed by atoms with E-state index in [4.69, 9.17) is 10.2 Å². The van der Waals surface area contributed by atoms with E-state index >= 15 is 0 Å². The summed E-state index contributed by atoms with van der Waals surface area (Å²) < 4.78 is 5.34. The van der Waals surface area contributed by atoms with E-state index in [1.54, 1.807) is 17.6 Å². The van der Waals surface area contributed by atoms with Gasteiger partial charge in [0.15, 0.2) is 0 Å². The minimum Gasteiger partial charge on any atom is -0.469 e. The maximum atomic E-state index is 6.14. The molecule has 0 aromatic carbocycles. The Morgan fingerprint density at radius 2 is 2.22 bits per heavy atom. The van der Waals surface area contributed by atoms with Gasteiger partial charge in [0.2, 0.25) is 0 Å². The fourth-order valence-corrected chi connectivity index (χ4v) is 3.03. The Morgan fingerprint density at radius 3 is 2.72 bits per heavy atom. The third-order valence-corrected chi connectivity index (χ3v) is 3.95. The third-order valence-electron chi connectivity index (χ3n) is 3.24. The first kappa shape index (κ1) is 13.3. The van der Waals surface area contributed by atoms with Gasteiger partial charge in [-0.05, 0) is 49.4 Å². The van der Waals surface area contributed by atoms with Crippen molar-refractivity contribution in [3.8, 4) is 0 Å². The first-order chi connectivity index (χ1) is 8.59. The highest BCUT2D eigenvalue weighted by Crippen LogP contribution is 2.26. The van der Waals surface area contributed by atoms with Crippen LogP contribution in [-0.4, -0.2) is 18.0 Å². The van der Waals surface area contributed by atoms with Crippen LogP contribution in [0.3, 0.4) is 0 Å². The van der Waals surface area contributed by atoms with Gasteiger partial charge in [-0.25, -0.2) is 0 Å². The second kappa shape index (κ2) is 5.69. The molecular weight excluding hydrogens is 244 g/mol. The fourth-order valence-electron chi connectivity index (χ4n) is 2.35. The summed E-state index contributed by atoms with van der Waals surface area (Å²) in [6.45, 7) is 4.90. The van der Waals surface area contributed by atoms with Crippen molar-refractivity contribution < 1.29 is 4.42 Å². The van der Waals surface area contributed by atoms with Crippen LogP contribution >= 0.6 is 11.3 Å². The molecule has 2 aromatic rings. The van der Waals surface area contributed by atoms with Crippen molar-refractivity contribution in [3.63, 3.8) is 0 Å². The summed E-state index contributed by atoms with van der Waals surface area (Å²) in [6, 6.07) is 4.51. The summed E-state index contributed by atoms with van der Waals surface area (Å²) in [6.07, 6.45) is 1.74. The van der Waals surface area contributed by atoms with Crippen molar-refractivity contribution in [2.45, 2.75) is 32.5 Å². The lowest BCUT2D eigenvalue weighted by Crippen LogP contribution is -2.36. The van der Waals surface area contributed by atoms with E-state index < -0.39 is 0 Å². The Balaban J connectivity index is 2.14. The molecule has 0 aliphatic heterocycles. The van der Waals surface area contributed by atoms with Crippen LogP contribution < -0.4 is 5.73 Å². The minimum atomic E-state index is 0.0943. The summed E-state index contributed by atoms with van der Waals surface area (Å²) in [5.41, 5.74) is 8.65. The van der Waals surface area contributed by atoms with Crippen molar-refractivity contribution in [3.05, 3.63) is 46.0 Å². The molecule has 0 fully saturated rings. The standard InChI is InChI=1S/C14H20N2OS/c1-10(15)14(13-5-7-18-9-13)16(3)8-12-4-6-17-11(12)2/h4-7,9-10,14H,8,15H2,1-3H3. The van der Waals surface area contributed by atoms with E-state index in [1.165, 1.54) is 11.1 Å². The molecule has 4 heteroatoms. The van der Waals surface area contributed by atoms with Gasteiger partial charge in [-0.15, -0.1) is 0 Å². The molecule has 0 spiro atoms. The molecule has 98 valence electrons. The second-order valence-electron chi connectivity index (χ2n) is 4.78. The number of furan rings is 1. The summed E-state index contributed by atoms with van der Waals surface area (Å²) in [7, 11) is 2.11. The van der Waals surface area contributed by atoms with Crippen molar-refractivity contribution in [1.29, 1.82) is 0 Å². The maximum absolute atomic E-state index is 6.14. The van der Waals surface area contributed by atoms with Gasteiger partial charge in [0.25, 0.3) is 0 Å². The van der Waals surface area contributed by atoms with Crippen LogP contribution in [0, 0.1) is 6.92 Å². The topological polar surface area (TPSA) is 42.4 Å². The highest BCUT2D eigenvalue weighted by atomic mass is 32.1. The van der Waals surface area contributed by atoms with E-state index in [0.29, 0.717) is 0 Å². The minimum absolute atomic E-state index is 0.0943. The van der Waals surface area contributed by atoms with Crippen LogP contribution in [0.5, 0.6) is 0 Å². The van der Waals surface area contributed by atoms with Crippen molar-refractivity contribution in [2.24, 2.45) is 5.73 Å². The molecule has 2 atom stereocenters. The number of aryl methyl sites for hydroxylation is 1. The molecule has 18 heavy (non-hydrogen) atoms. The molecule has 3 nitrogen and oxygen atoms in total. The van der Waals surface area contributed by atoms with Crippen LogP contribution in [0.2, 0.25) is 0 Å². The predicted molar refractivity (Wildman–Crippen MR) is 75.6 cm³/mol. The number of hydrogen-bond acceptors (Lipinski definition) is 4. The Hall–Kier alpha value is -1.10. The lowest BCUT2D eigenvalue weighted by atomic mass is 10.0. The van der Waals surface area contributed by atoms with Crippen LogP contribution in [-0.2, 0) is 6.54 Å². The van der Waals surface area contributed by atoms with Crippen LogP contribution in [0.1, 0.15) is 29.9 Å². The van der Waals surface area contributed by atoms with E-state index in [2.05, 4.69) is 35.7 Å². The molecule has 0 aliphatic rings. The van der Waals surface area contributed by atoms with Gasteiger partial charge < -0.3 is 10.2 Å². The zero-order chi connectivity index (χ0) is 13.1. The van der Waals surface area contributed by atoms with Gasteiger partial charge in [0.05, 0.1) is 12.3 Å². The predicted octanol–water partition coefficient (Wildman–Crippen LogP) is 3.17. The number of thiophene rings is 1. The number of hydrogen-bond donors (Lipinski definition) is 1. The highest BCUT2D eigenvalue weighted by molar-refractivity contribution is 7.07. The smallest absolute Gasteiger partial charge is 0.105 e. The van der Waals surface area contributed by atoms with Gasteiger partial charge in [-0.1, -0.05) is 0 Å². The van der Waals surface area contributed by atoms with E-state index in [9.17, 15) is 0 Å². The van der Waals surface area contributed by atoms with Gasteiger partial charge in [-0.3, -0.25) is 4.90 Å². The maximum Gasteiger partial charge on any atom is 0.105 e. The van der Waals surface area contributed by atoms with E-state index in [1.807, 2.05) is 13.0 Å². The Labute approximate surface area is 112 Å². The largest absolute Gasteiger partial charge is 0.469 e. The molecule has 0 aliphatic carbocycles. The number of nitrogens with two attached hydrogens (primary N) is 1. The lowest BCUT2D eigenvalue weighted by molar-refractivity contribution is 0.210. The molecule has 0 bridgehead atoms. The second-order valence-corrected chi connectivity index (χ2v) is 5.56. The number of likely N-dealkylation sites (N-methyl/N-ethyl adjacent to an activating group) is 1. The first-order valence-electron chi connectivity index (χ1n) is 6.10. The first-order valence-corrected chi connectivity index (χ1v) is 7.04. The van der Waals surface area contributed by atoms with Gasteiger partial charge in [-0.2, -0.15) is 11.3 Å². The molecule has 2 rings (SSSR count). The van der Waals surface area contributed by atoms with E-state index in [-0.39, 0.29) is 12.1 Å². The van der Waals surface area contributed by atoms with Gasteiger partial charge >= 0.3 is 0 Å². The molecule has 0 radical (unpaired) electrons. The summed E-state index contributed by atoms with van der Waals surface area (Å²) in [4.78, 5) is 2.28. The summed E-state index contributed by atoms with van der Waals surface area (Å²) in [5, 5.41) is 4.27. The molecule has 2 unspecified atom stereocenters. The lowest BCUT2D eigenvalue weighted by Gasteiger charge is -2.30. The normalized spacial score (nSPS) is 14.9. The van der Waals surface area contributed by atoms with Crippen LogP contribution in [0.15, 0.2) is 33.6 Å². The van der Waals surface area contributed by atoms with Crippen molar-refractivity contribution in [1.82, 2.24) is 4.90 Å². The quantitative estimate of drug-likeness (QED) is 0.902. The third kappa shape index (κ3) is 2.83. The SMILES string of the molecule is Cc1occc1CN(C)C(c1ccsc1)C(C)N. The Morgan fingerprint density at radius 1 is 1.44 bits per heavy atom. The Kier molecular flexibility index (Phi) is 4.22. The zero-order valence-corrected chi connectivity index (χ0v) is 11.9. The van der Waals surface area contributed by atoms with Gasteiger partial charge in [0.1, 0.15) is 5.76 Å². The van der Waals surface area contributed by atoms with Crippen LogP contribution in [0.25, 0.3) is 0 Å². The van der Waals surface area contributed by atoms with E-state index in [0.717, 1.165) is 12.3 Å². The monoisotopic (exact) mass is 264 g/mol. The summed E-state index contributed by atoms with van der Waals surface area (Å²) >= 11 is 1.71. The average molecular weight is 264 g/mol.